The van der Waals surface area contributed by atoms with Crippen LogP contribution in [0, 0.1) is 5.82 Å². The molecule has 7 nitrogen and oxygen atoms in total. The lowest BCUT2D eigenvalue weighted by Crippen LogP contribution is -2.47. The predicted octanol–water partition coefficient (Wildman–Crippen LogP) is -0.781. The molecule has 122 valence electrons. The minimum absolute atomic E-state index is 0.210. The molecule has 4 N–H and O–H groups in total. The van der Waals surface area contributed by atoms with Gasteiger partial charge in [-0.25, -0.2) is 4.39 Å². The summed E-state index contributed by atoms with van der Waals surface area (Å²) < 4.78 is 18.3. The van der Waals surface area contributed by atoms with Gasteiger partial charge in [-0.1, -0.05) is 0 Å². The first-order chi connectivity index (χ1) is 10.4. The van der Waals surface area contributed by atoms with Gasteiger partial charge >= 0.3 is 0 Å². The van der Waals surface area contributed by atoms with Gasteiger partial charge in [-0.3, -0.25) is 0 Å². The van der Waals surface area contributed by atoms with Gasteiger partial charge in [-0.05, 0) is 24.3 Å². The van der Waals surface area contributed by atoms with Gasteiger partial charge in [0.2, 0.25) is 0 Å². The molecule has 8 heteroatoms. The number of aliphatic hydroxyl groups is 4. The van der Waals surface area contributed by atoms with E-state index >= 15 is 0 Å². The van der Waals surface area contributed by atoms with Crippen molar-refractivity contribution in [1.29, 1.82) is 0 Å². The number of likely N-dealkylation sites (N-methyl/N-ethyl adjacent to an activating group) is 1. The second-order valence-corrected chi connectivity index (χ2v) is 5.14. The number of ether oxygens (including phenoxy) is 1. The average Bonchev–Trinajstić information content (AvgIpc) is 2.88. The molecule has 1 heterocycles. The predicted molar refractivity (Wildman–Crippen MR) is 76.1 cm³/mol. The van der Waals surface area contributed by atoms with Crippen molar-refractivity contribution in [2.45, 2.75) is 24.4 Å². The molecule has 4 unspecified atom stereocenters. The highest BCUT2D eigenvalue weighted by atomic mass is 19.1. The van der Waals surface area contributed by atoms with Gasteiger partial charge in [-0.2, -0.15) is 4.99 Å². The molecule has 0 radical (unpaired) electrons. The molecule has 1 aliphatic rings. The Labute approximate surface area is 126 Å². The number of amidine groups is 1. The molecule has 0 saturated carbocycles. The Balaban J connectivity index is 2.07. The van der Waals surface area contributed by atoms with Crippen LogP contribution in [0.1, 0.15) is 0 Å². The topological polar surface area (TPSA) is 106 Å². The molecule has 1 aliphatic heterocycles. The van der Waals surface area contributed by atoms with Crippen molar-refractivity contribution in [3.63, 3.8) is 0 Å². The maximum absolute atomic E-state index is 12.8. The lowest BCUT2D eigenvalue weighted by molar-refractivity contribution is -0.106. The number of halogens is 1. The van der Waals surface area contributed by atoms with Gasteiger partial charge in [0.15, 0.2) is 0 Å². The number of benzene rings is 1. The zero-order valence-electron chi connectivity index (χ0n) is 12.0. The molecule has 1 aromatic carbocycles. The van der Waals surface area contributed by atoms with E-state index in [1.165, 1.54) is 24.3 Å². The number of hydrogen-bond acceptors (Lipinski definition) is 6. The smallest absolute Gasteiger partial charge is 0.292 e. The molecule has 1 aromatic rings. The van der Waals surface area contributed by atoms with E-state index in [-0.39, 0.29) is 18.4 Å². The van der Waals surface area contributed by atoms with Crippen LogP contribution in [0.4, 0.5) is 10.1 Å². The van der Waals surface area contributed by atoms with Crippen molar-refractivity contribution < 1.29 is 29.6 Å². The summed E-state index contributed by atoms with van der Waals surface area (Å²) in [5.41, 5.74) is 0.481. The SMILES string of the molecule is CN1CC(C(O)C(O)C(O)CO)OC1=Nc1ccc(F)cc1. The van der Waals surface area contributed by atoms with Crippen molar-refractivity contribution in [2.24, 2.45) is 4.99 Å². The summed E-state index contributed by atoms with van der Waals surface area (Å²) in [5, 5.41) is 37.8. The Morgan fingerprint density at radius 3 is 2.55 bits per heavy atom. The van der Waals surface area contributed by atoms with Gasteiger partial charge < -0.3 is 30.1 Å². The first kappa shape index (κ1) is 16.6. The van der Waals surface area contributed by atoms with E-state index in [0.717, 1.165) is 0 Å². The molecule has 0 amide bonds. The minimum Gasteiger partial charge on any atom is -0.457 e. The molecule has 0 aliphatic carbocycles. The molecule has 2 rings (SSSR count). The van der Waals surface area contributed by atoms with E-state index in [1.54, 1.807) is 11.9 Å². The standard InChI is InChI=1S/C14H19FN2O5/c1-17-6-11(13(21)12(20)10(19)7-18)22-14(17)16-9-4-2-8(15)3-5-9/h2-5,10-13,18-21H,6-7H2,1H3. The second kappa shape index (κ2) is 7.01. The maximum Gasteiger partial charge on any atom is 0.292 e. The zero-order valence-corrected chi connectivity index (χ0v) is 12.0. The van der Waals surface area contributed by atoms with Crippen LogP contribution in [0.3, 0.4) is 0 Å². The highest BCUT2D eigenvalue weighted by Gasteiger charge is 2.38. The third-order valence-corrected chi connectivity index (χ3v) is 3.40. The molecule has 1 saturated heterocycles. The highest BCUT2D eigenvalue weighted by Crippen LogP contribution is 2.20. The van der Waals surface area contributed by atoms with Gasteiger partial charge in [0.25, 0.3) is 6.02 Å². The van der Waals surface area contributed by atoms with E-state index in [9.17, 15) is 19.7 Å². The first-order valence-corrected chi connectivity index (χ1v) is 6.79. The Kier molecular flexibility index (Phi) is 5.30. The van der Waals surface area contributed by atoms with Crippen LogP contribution in [0.2, 0.25) is 0 Å². The summed E-state index contributed by atoms with van der Waals surface area (Å²) in [6.45, 7) is -0.423. The molecule has 4 atom stereocenters. The Morgan fingerprint density at radius 1 is 1.32 bits per heavy atom. The summed E-state index contributed by atoms with van der Waals surface area (Å²) in [6.07, 6.45) is -5.18. The Bertz CT molecular complexity index is 524. The molecular weight excluding hydrogens is 295 g/mol. The van der Waals surface area contributed by atoms with Crippen molar-refractivity contribution in [3.05, 3.63) is 30.1 Å². The van der Waals surface area contributed by atoms with Crippen LogP contribution in [0.5, 0.6) is 0 Å². The van der Waals surface area contributed by atoms with Crippen LogP contribution in [-0.4, -0.2) is 76.0 Å². The van der Waals surface area contributed by atoms with E-state index in [0.29, 0.717) is 5.69 Å². The summed E-state index contributed by atoms with van der Waals surface area (Å²) in [4.78, 5) is 5.81. The number of rotatable bonds is 5. The summed E-state index contributed by atoms with van der Waals surface area (Å²) in [5.74, 6) is -0.376. The summed E-state index contributed by atoms with van der Waals surface area (Å²) >= 11 is 0. The van der Waals surface area contributed by atoms with E-state index in [4.69, 9.17) is 9.84 Å². The monoisotopic (exact) mass is 314 g/mol. The number of nitrogens with zero attached hydrogens (tertiary/aromatic N) is 2. The van der Waals surface area contributed by atoms with Crippen molar-refractivity contribution in [1.82, 2.24) is 4.90 Å². The fraction of sp³-hybridized carbons (Fsp3) is 0.500. The van der Waals surface area contributed by atoms with E-state index < -0.39 is 31.0 Å². The van der Waals surface area contributed by atoms with E-state index in [1.807, 2.05) is 0 Å². The van der Waals surface area contributed by atoms with Crippen LogP contribution < -0.4 is 0 Å². The summed E-state index contributed by atoms with van der Waals surface area (Å²) in [7, 11) is 1.68. The van der Waals surface area contributed by atoms with Gasteiger partial charge in [0.05, 0.1) is 18.8 Å². The van der Waals surface area contributed by atoms with Crippen molar-refractivity contribution >= 4 is 11.7 Å². The maximum atomic E-state index is 12.8. The number of aliphatic hydroxyl groups excluding tert-OH is 4. The number of aliphatic imine (C=N–C) groups is 1. The van der Waals surface area contributed by atoms with Gasteiger partial charge in [0.1, 0.15) is 30.2 Å². The second-order valence-electron chi connectivity index (χ2n) is 5.14. The molecule has 0 bridgehead atoms. The highest BCUT2D eigenvalue weighted by molar-refractivity contribution is 5.78. The fourth-order valence-electron chi connectivity index (χ4n) is 2.08. The fourth-order valence-corrected chi connectivity index (χ4v) is 2.08. The molecular formula is C14H19FN2O5. The van der Waals surface area contributed by atoms with Crippen LogP contribution >= 0.6 is 0 Å². The van der Waals surface area contributed by atoms with E-state index in [2.05, 4.69) is 4.99 Å². The summed E-state index contributed by atoms with van der Waals surface area (Å²) in [6, 6.07) is 5.70. The molecule has 0 spiro atoms. The largest absolute Gasteiger partial charge is 0.457 e. The van der Waals surface area contributed by atoms with Crippen LogP contribution in [-0.2, 0) is 4.74 Å². The number of hydrogen-bond donors (Lipinski definition) is 4. The lowest BCUT2D eigenvalue weighted by Gasteiger charge is -2.24. The normalized spacial score (nSPS) is 24.2. The van der Waals surface area contributed by atoms with Crippen molar-refractivity contribution in [2.75, 3.05) is 20.2 Å². The van der Waals surface area contributed by atoms with Gasteiger partial charge in [-0.15, -0.1) is 0 Å². The van der Waals surface area contributed by atoms with Crippen molar-refractivity contribution in [3.8, 4) is 0 Å². The van der Waals surface area contributed by atoms with Crippen LogP contribution in [0.25, 0.3) is 0 Å². The molecule has 0 aromatic heterocycles. The average molecular weight is 314 g/mol. The minimum atomic E-state index is -1.53. The van der Waals surface area contributed by atoms with Gasteiger partial charge in [0, 0.05) is 7.05 Å². The first-order valence-electron chi connectivity index (χ1n) is 6.79. The third kappa shape index (κ3) is 3.72. The molecule has 22 heavy (non-hydrogen) atoms. The zero-order chi connectivity index (χ0) is 16.3. The Hall–Kier alpha value is -1.74. The molecule has 1 fully saturated rings. The third-order valence-electron chi connectivity index (χ3n) is 3.40. The van der Waals surface area contributed by atoms with Crippen LogP contribution in [0.15, 0.2) is 29.3 Å². The lowest BCUT2D eigenvalue weighted by atomic mass is 10.0. The quantitative estimate of drug-likeness (QED) is 0.568. The Morgan fingerprint density at radius 2 is 1.95 bits per heavy atom.